The first kappa shape index (κ1) is 10.7. The SMILES string of the molecule is C#CCS(=O)(O)(O)C1CCCCC1. The molecule has 1 fully saturated rings. The van der Waals surface area contributed by atoms with Crippen LogP contribution in [0.5, 0.6) is 0 Å². The Morgan fingerprint density at radius 3 is 2.31 bits per heavy atom. The first-order valence-corrected chi connectivity index (χ1v) is 6.63. The molecule has 0 aromatic heterocycles. The maximum Gasteiger partial charge on any atom is 0.108 e. The Morgan fingerprint density at radius 1 is 1.31 bits per heavy atom. The van der Waals surface area contributed by atoms with Gasteiger partial charge < -0.3 is 9.11 Å². The van der Waals surface area contributed by atoms with E-state index in [1.807, 2.05) is 0 Å². The largest absolute Gasteiger partial charge is 0.307 e. The molecule has 0 aromatic carbocycles. The molecule has 0 unspecified atom stereocenters. The summed E-state index contributed by atoms with van der Waals surface area (Å²) in [6.45, 7) is 0. The standard InChI is InChI=1S/C9H16O3S/c1-2-8-13(10,11,12)9-6-4-3-5-7-9/h1,9H,3-8H2,(H2,10,11,12). The minimum atomic E-state index is -4.51. The van der Waals surface area contributed by atoms with Crippen molar-refractivity contribution in [3.05, 3.63) is 0 Å². The summed E-state index contributed by atoms with van der Waals surface area (Å²) in [4.78, 5) is 0. The van der Waals surface area contributed by atoms with Gasteiger partial charge >= 0.3 is 0 Å². The number of terminal acetylenes is 1. The maximum absolute atomic E-state index is 11.7. The van der Waals surface area contributed by atoms with Crippen LogP contribution in [0.3, 0.4) is 0 Å². The van der Waals surface area contributed by atoms with E-state index >= 15 is 0 Å². The Morgan fingerprint density at radius 2 is 1.85 bits per heavy atom. The lowest BCUT2D eigenvalue weighted by Crippen LogP contribution is -2.47. The minimum Gasteiger partial charge on any atom is -0.307 e. The predicted octanol–water partition coefficient (Wildman–Crippen LogP) is 1.72. The number of hydrogen-bond acceptors (Lipinski definition) is 1. The highest BCUT2D eigenvalue weighted by Crippen LogP contribution is 2.34. The highest BCUT2D eigenvalue weighted by molar-refractivity contribution is 8.10. The molecule has 1 saturated carbocycles. The van der Waals surface area contributed by atoms with Gasteiger partial charge in [0.1, 0.15) is 5.75 Å². The molecular formula is C9H16O3S. The molecule has 0 radical (unpaired) electrons. The zero-order valence-corrected chi connectivity index (χ0v) is 8.42. The summed E-state index contributed by atoms with van der Waals surface area (Å²) in [5.74, 6) is 1.65. The normalized spacial score (nSPS) is 23.0. The van der Waals surface area contributed by atoms with E-state index in [1.165, 1.54) is 0 Å². The fraction of sp³-hybridized carbons (Fsp3) is 0.778. The number of rotatable bonds is 2. The molecule has 1 aliphatic carbocycles. The molecule has 0 bridgehead atoms. The Bertz CT molecular complexity index is 278. The first-order chi connectivity index (χ1) is 5.94. The molecule has 2 N–H and O–H groups in total. The van der Waals surface area contributed by atoms with Gasteiger partial charge in [-0.15, -0.1) is 6.42 Å². The second kappa shape index (κ2) is 3.41. The van der Waals surface area contributed by atoms with Crippen LogP contribution in [0.2, 0.25) is 0 Å². The van der Waals surface area contributed by atoms with E-state index in [0.29, 0.717) is 12.8 Å². The maximum atomic E-state index is 11.7. The number of hydrogen-bond donors (Lipinski definition) is 2. The van der Waals surface area contributed by atoms with Crippen LogP contribution >= 0.6 is 0 Å². The van der Waals surface area contributed by atoms with Gasteiger partial charge in [-0.25, -0.2) is 4.21 Å². The van der Waals surface area contributed by atoms with Gasteiger partial charge in [0.15, 0.2) is 0 Å². The summed E-state index contributed by atoms with van der Waals surface area (Å²) in [6, 6.07) is 0. The quantitative estimate of drug-likeness (QED) is 0.673. The Labute approximate surface area is 79.0 Å². The van der Waals surface area contributed by atoms with Crippen LogP contribution in [0.15, 0.2) is 0 Å². The van der Waals surface area contributed by atoms with Gasteiger partial charge in [-0.1, -0.05) is 25.2 Å². The third-order valence-corrected chi connectivity index (χ3v) is 5.10. The monoisotopic (exact) mass is 204 g/mol. The second-order valence-electron chi connectivity index (χ2n) is 3.69. The molecular weight excluding hydrogens is 188 g/mol. The lowest BCUT2D eigenvalue weighted by Gasteiger charge is -2.39. The fourth-order valence-corrected chi connectivity index (χ4v) is 3.64. The van der Waals surface area contributed by atoms with Crippen molar-refractivity contribution >= 4 is 9.63 Å². The van der Waals surface area contributed by atoms with Gasteiger partial charge in [-0.05, 0) is 12.8 Å². The van der Waals surface area contributed by atoms with Crippen LogP contribution in [0.1, 0.15) is 32.1 Å². The van der Waals surface area contributed by atoms with Gasteiger partial charge in [-0.3, -0.25) is 0 Å². The Hall–Kier alpha value is -0.370. The lowest BCUT2D eigenvalue weighted by molar-refractivity contribution is 0.353. The minimum absolute atomic E-state index is 0.429. The van der Waals surface area contributed by atoms with Crippen molar-refractivity contribution in [3.63, 3.8) is 0 Å². The Balaban J connectivity index is 2.78. The van der Waals surface area contributed by atoms with Crippen molar-refractivity contribution in [1.82, 2.24) is 0 Å². The molecule has 0 saturated heterocycles. The fourth-order valence-electron chi connectivity index (χ4n) is 1.81. The van der Waals surface area contributed by atoms with Crippen molar-refractivity contribution in [2.24, 2.45) is 0 Å². The highest BCUT2D eigenvalue weighted by Gasteiger charge is 2.39. The smallest absolute Gasteiger partial charge is 0.108 e. The molecule has 0 amide bonds. The van der Waals surface area contributed by atoms with Gasteiger partial charge in [0.2, 0.25) is 0 Å². The zero-order chi connectivity index (χ0) is 9.97. The average molecular weight is 204 g/mol. The zero-order valence-electron chi connectivity index (χ0n) is 7.61. The molecule has 13 heavy (non-hydrogen) atoms. The van der Waals surface area contributed by atoms with Gasteiger partial charge in [0.25, 0.3) is 0 Å². The molecule has 4 heteroatoms. The molecule has 76 valence electrons. The molecule has 0 spiro atoms. The molecule has 1 aliphatic rings. The summed E-state index contributed by atoms with van der Waals surface area (Å²) < 4.78 is 30.9. The van der Waals surface area contributed by atoms with E-state index in [2.05, 4.69) is 5.92 Å². The summed E-state index contributed by atoms with van der Waals surface area (Å²) in [7, 11) is -4.51. The van der Waals surface area contributed by atoms with Crippen molar-refractivity contribution in [3.8, 4) is 12.3 Å². The van der Waals surface area contributed by atoms with Crippen LogP contribution in [0, 0.1) is 12.3 Å². The molecule has 1 rings (SSSR count). The highest BCUT2D eigenvalue weighted by atomic mass is 32.3. The average Bonchev–Trinajstić information content (AvgIpc) is 2.05. The van der Waals surface area contributed by atoms with Crippen LogP contribution < -0.4 is 0 Å². The summed E-state index contributed by atoms with van der Waals surface area (Å²) in [6.07, 6.45) is 9.08. The molecule has 0 aliphatic heterocycles. The van der Waals surface area contributed by atoms with Gasteiger partial charge in [0.05, 0.1) is 14.9 Å². The van der Waals surface area contributed by atoms with Crippen molar-refractivity contribution in [2.45, 2.75) is 37.4 Å². The van der Waals surface area contributed by atoms with E-state index < -0.39 is 20.6 Å². The topological polar surface area (TPSA) is 57.5 Å². The molecule has 0 heterocycles. The van der Waals surface area contributed by atoms with E-state index in [1.54, 1.807) is 0 Å². The summed E-state index contributed by atoms with van der Waals surface area (Å²) >= 11 is 0. The third kappa shape index (κ3) is 2.53. The molecule has 0 aromatic rings. The third-order valence-electron chi connectivity index (χ3n) is 2.58. The van der Waals surface area contributed by atoms with Crippen LogP contribution in [0.25, 0.3) is 0 Å². The van der Waals surface area contributed by atoms with Gasteiger partial charge in [0, 0.05) is 0 Å². The second-order valence-corrected chi connectivity index (χ2v) is 6.81. The lowest BCUT2D eigenvalue weighted by atomic mass is 10.0. The Kier molecular flexibility index (Phi) is 2.81. The van der Waals surface area contributed by atoms with Crippen LogP contribution in [0.4, 0.5) is 0 Å². The van der Waals surface area contributed by atoms with Crippen molar-refractivity contribution in [2.75, 3.05) is 5.75 Å². The first-order valence-electron chi connectivity index (χ1n) is 4.51. The van der Waals surface area contributed by atoms with E-state index in [9.17, 15) is 13.3 Å². The van der Waals surface area contributed by atoms with Crippen LogP contribution in [-0.4, -0.2) is 24.3 Å². The summed E-state index contributed by atoms with van der Waals surface area (Å²) in [5, 5.41) is -0.512. The molecule has 3 nitrogen and oxygen atoms in total. The van der Waals surface area contributed by atoms with E-state index in [-0.39, 0.29) is 0 Å². The van der Waals surface area contributed by atoms with Crippen molar-refractivity contribution < 1.29 is 13.3 Å². The van der Waals surface area contributed by atoms with Gasteiger partial charge in [-0.2, -0.15) is 0 Å². The molecule has 0 atom stereocenters. The van der Waals surface area contributed by atoms with Crippen molar-refractivity contribution in [1.29, 1.82) is 0 Å². The van der Waals surface area contributed by atoms with E-state index in [4.69, 9.17) is 6.42 Å². The van der Waals surface area contributed by atoms with Crippen LogP contribution in [-0.2, 0) is 9.63 Å². The van der Waals surface area contributed by atoms with E-state index in [0.717, 1.165) is 19.3 Å². The predicted molar refractivity (Wildman–Crippen MR) is 54.0 cm³/mol. The summed E-state index contributed by atoms with van der Waals surface area (Å²) in [5.41, 5.74) is 0.